The first kappa shape index (κ1) is 18.5. The molecule has 1 saturated heterocycles. The Labute approximate surface area is 163 Å². The molecule has 1 fully saturated rings. The Bertz CT molecular complexity index is 981. The maximum absolute atomic E-state index is 13.2. The molecule has 1 atom stereocenters. The average Bonchev–Trinajstić information content (AvgIpc) is 3.24. The molecule has 2 aromatic carbocycles. The fraction of sp³-hybridized carbons (Fsp3) is 0.318. The molecule has 0 spiro atoms. The Morgan fingerprint density at radius 2 is 2.11 bits per heavy atom. The van der Waals surface area contributed by atoms with E-state index in [0.717, 1.165) is 41.0 Å². The van der Waals surface area contributed by atoms with Crippen molar-refractivity contribution >= 4 is 22.8 Å². The van der Waals surface area contributed by atoms with Crippen molar-refractivity contribution in [3.8, 4) is 11.6 Å². The minimum Gasteiger partial charge on any atom is -0.494 e. The van der Waals surface area contributed by atoms with Gasteiger partial charge in [0.05, 0.1) is 11.3 Å². The van der Waals surface area contributed by atoms with Crippen LogP contribution in [0.5, 0.6) is 11.6 Å². The second-order valence-electron chi connectivity index (χ2n) is 7.17. The molecule has 2 heterocycles. The number of hydrogen-bond acceptors (Lipinski definition) is 4. The van der Waals surface area contributed by atoms with E-state index in [-0.39, 0.29) is 5.88 Å². The van der Waals surface area contributed by atoms with Crippen molar-refractivity contribution in [3.05, 3.63) is 53.6 Å². The molecule has 4 rings (SSSR count). The molecule has 0 amide bonds. The molecule has 1 unspecified atom stereocenters. The van der Waals surface area contributed by atoms with Crippen LogP contribution in [-0.4, -0.2) is 53.6 Å². The van der Waals surface area contributed by atoms with Crippen molar-refractivity contribution in [2.75, 3.05) is 26.2 Å². The van der Waals surface area contributed by atoms with Crippen LogP contribution in [0.1, 0.15) is 17.5 Å². The zero-order valence-corrected chi connectivity index (χ0v) is 15.9. The maximum atomic E-state index is 13.2. The van der Waals surface area contributed by atoms with E-state index in [1.807, 2.05) is 49.4 Å². The van der Waals surface area contributed by atoms with E-state index in [9.17, 15) is 9.50 Å². The molecule has 0 aliphatic carbocycles. The Morgan fingerprint density at radius 1 is 1.29 bits per heavy atom. The largest absolute Gasteiger partial charge is 0.494 e. The number of aromatic nitrogens is 1. The number of nitrogens with zero attached hydrogens (tertiary/aromatic N) is 2. The van der Waals surface area contributed by atoms with Crippen LogP contribution < -0.4 is 4.74 Å². The molecule has 1 aliphatic heterocycles. The number of aliphatic imine (C=N–C) groups is 1. The van der Waals surface area contributed by atoms with Crippen molar-refractivity contribution < 1.29 is 14.2 Å². The van der Waals surface area contributed by atoms with Gasteiger partial charge in [0.15, 0.2) is 5.88 Å². The molecule has 0 saturated carbocycles. The van der Waals surface area contributed by atoms with Crippen LogP contribution in [0.15, 0.2) is 47.5 Å². The molecule has 3 aromatic rings. The number of H-pyrrole nitrogens is 1. The number of alkyl halides is 1. The van der Waals surface area contributed by atoms with Gasteiger partial charge in [-0.25, -0.2) is 4.39 Å². The topological polar surface area (TPSA) is 60.9 Å². The van der Waals surface area contributed by atoms with E-state index in [1.165, 1.54) is 0 Å². The van der Waals surface area contributed by atoms with E-state index >= 15 is 0 Å². The average molecular weight is 381 g/mol. The lowest BCUT2D eigenvalue weighted by atomic mass is 10.1. The summed E-state index contributed by atoms with van der Waals surface area (Å²) >= 11 is 0. The van der Waals surface area contributed by atoms with Crippen molar-refractivity contribution in [1.29, 1.82) is 0 Å². The number of benzene rings is 2. The summed E-state index contributed by atoms with van der Waals surface area (Å²) in [5, 5.41) is 11.2. The summed E-state index contributed by atoms with van der Waals surface area (Å²) in [5.41, 5.74) is 3.43. The van der Waals surface area contributed by atoms with Crippen LogP contribution in [0.4, 0.5) is 10.1 Å². The Balaban J connectivity index is 1.39. The van der Waals surface area contributed by atoms with Gasteiger partial charge in [0.25, 0.3) is 0 Å². The van der Waals surface area contributed by atoms with E-state index in [2.05, 4.69) is 14.9 Å². The molecule has 146 valence electrons. The van der Waals surface area contributed by atoms with Gasteiger partial charge in [0, 0.05) is 36.8 Å². The SMILES string of the molecule is Cc1cccc2[nH]c(O)c(C=Nc3ccc(OCCN4CCC(F)C4)cc3)c12. The highest BCUT2D eigenvalue weighted by Crippen LogP contribution is 2.29. The lowest BCUT2D eigenvalue weighted by molar-refractivity contribution is 0.224. The summed E-state index contributed by atoms with van der Waals surface area (Å²) in [4.78, 5) is 9.54. The quantitative estimate of drug-likeness (QED) is 0.624. The molecule has 28 heavy (non-hydrogen) atoms. The van der Waals surface area contributed by atoms with E-state index in [4.69, 9.17) is 4.74 Å². The Morgan fingerprint density at radius 3 is 2.86 bits per heavy atom. The van der Waals surface area contributed by atoms with Gasteiger partial charge in [-0.15, -0.1) is 0 Å². The predicted molar refractivity (Wildman–Crippen MR) is 110 cm³/mol. The maximum Gasteiger partial charge on any atom is 0.198 e. The third-order valence-electron chi connectivity index (χ3n) is 5.12. The molecular weight excluding hydrogens is 357 g/mol. The number of aryl methyl sites for hydroxylation is 1. The number of fused-ring (bicyclic) bond motifs is 1. The zero-order valence-electron chi connectivity index (χ0n) is 15.9. The highest BCUT2D eigenvalue weighted by molar-refractivity contribution is 6.04. The molecule has 0 bridgehead atoms. The van der Waals surface area contributed by atoms with Crippen LogP contribution in [0.2, 0.25) is 0 Å². The van der Waals surface area contributed by atoms with Crippen LogP contribution >= 0.6 is 0 Å². The zero-order chi connectivity index (χ0) is 19.5. The lowest BCUT2D eigenvalue weighted by Gasteiger charge is -2.14. The summed E-state index contributed by atoms with van der Waals surface area (Å²) in [6.45, 7) is 4.60. The van der Waals surface area contributed by atoms with Crippen molar-refractivity contribution in [1.82, 2.24) is 9.88 Å². The third kappa shape index (κ3) is 4.02. The second-order valence-corrected chi connectivity index (χ2v) is 7.17. The highest BCUT2D eigenvalue weighted by atomic mass is 19.1. The summed E-state index contributed by atoms with van der Waals surface area (Å²) in [6, 6.07) is 13.4. The van der Waals surface area contributed by atoms with Gasteiger partial charge >= 0.3 is 0 Å². The molecule has 5 nitrogen and oxygen atoms in total. The van der Waals surface area contributed by atoms with Crippen LogP contribution in [0.3, 0.4) is 0 Å². The molecular formula is C22H24FN3O2. The number of halogens is 1. The Hall–Kier alpha value is -2.86. The van der Waals surface area contributed by atoms with Gasteiger partial charge in [0.1, 0.15) is 18.5 Å². The van der Waals surface area contributed by atoms with Gasteiger partial charge in [-0.2, -0.15) is 0 Å². The van der Waals surface area contributed by atoms with Gasteiger partial charge in [0.2, 0.25) is 0 Å². The van der Waals surface area contributed by atoms with E-state index < -0.39 is 6.17 Å². The van der Waals surface area contributed by atoms with E-state index in [1.54, 1.807) is 6.21 Å². The number of rotatable bonds is 6. The van der Waals surface area contributed by atoms with Crippen LogP contribution in [0, 0.1) is 6.92 Å². The minimum absolute atomic E-state index is 0.116. The van der Waals surface area contributed by atoms with Crippen molar-refractivity contribution in [2.45, 2.75) is 19.5 Å². The number of hydrogen-bond donors (Lipinski definition) is 2. The van der Waals surface area contributed by atoms with Crippen LogP contribution in [-0.2, 0) is 0 Å². The fourth-order valence-electron chi connectivity index (χ4n) is 3.62. The number of aromatic hydroxyl groups is 1. The normalized spacial score (nSPS) is 17.7. The summed E-state index contributed by atoms with van der Waals surface area (Å²) in [6.07, 6.45) is 1.60. The number of aromatic amines is 1. The minimum atomic E-state index is -0.697. The van der Waals surface area contributed by atoms with E-state index in [0.29, 0.717) is 25.1 Å². The molecule has 1 aliphatic rings. The van der Waals surface area contributed by atoms with Crippen molar-refractivity contribution in [3.63, 3.8) is 0 Å². The van der Waals surface area contributed by atoms with Crippen molar-refractivity contribution in [2.24, 2.45) is 4.99 Å². The number of likely N-dealkylation sites (tertiary alicyclic amines) is 1. The fourth-order valence-corrected chi connectivity index (χ4v) is 3.62. The number of ether oxygens (including phenoxy) is 1. The molecule has 1 aromatic heterocycles. The summed E-state index contributed by atoms with van der Waals surface area (Å²) < 4.78 is 18.9. The second kappa shape index (κ2) is 8.02. The Kier molecular flexibility index (Phi) is 5.30. The number of nitrogens with one attached hydrogen (secondary N) is 1. The third-order valence-corrected chi connectivity index (χ3v) is 5.12. The first-order chi connectivity index (χ1) is 13.6. The summed E-state index contributed by atoms with van der Waals surface area (Å²) in [7, 11) is 0. The van der Waals surface area contributed by atoms with Gasteiger partial charge in [-0.3, -0.25) is 9.89 Å². The van der Waals surface area contributed by atoms with Crippen LogP contribution in [0.25, 0.3) is 10.9 Å². The van der Waals surface area contributed by atoms with Gasteiger partial charge in [-0.1, -0.05) is 12.1 Å². The standard InChI is InChI=1S/C22H24FN3O2/c1-15-3-2-4-20-21(15)19(22(27)25-20)13-24-17-5-7-18(8-6-17)28-12-11-26-10-9-16(23)14-26/h2-8,13,16,25,27H,9-12,14H2,1H3. The molecule has 6 heteroatoms. The van der Waals surface area contributed by atoms with Gasteiger partial charge < -0.3 is 14.8 Å². The summed E-state index contributed by atoms with van der Waals surface area (Å²) in [5.74, 6) is 0.881. The lowest BCUT2D eigenvalue weighted by Crippen LogP contribution is -2.26. The first-order valence-electron chi connectivity index (χ1n) is 9.54. The monoisotopic (exact) mass is 381 g/mol. The highest BCUT2D eigenvalue weighted by Gasteiger charge is 2.21. The van der Waals surface area contributed by atoms with Gasteiger partial charge in [-0.05, 0) is 49.2 Å². The molecule has 0 radical (unpaired) electrons. The predicted octanol–water partition coefficient (Wildman–Crippen LogP) is 4.36. The first-order valence-corrected chi connectivity index (χ1v) is 9.54. The molecule has 2 N–H and O–H groups in total. The smallest absolute Gasteiger partial charge is 0.198 e.